The van der Waals surface area contributed by atoms with Crippen molar-refractivity contribution in [1.29, 1.82) is 0 Å². The van der Waals surface area contributed by atoms with Crippen molar-refractivity contribution < 1.29 is 5.11 Å². The SMILES string of the molecule is CC(C)(O)c1c2ccccc2c(CC[SiH3])c2ccccc12. The topological polar surface area (TPSA) is 20.2 Å². The van der Waals surface area contributed by atoms with Gasteiger partial charge in [-0.15, -0.1) is 0 Å². The maximum atomic E-state index is 10.7. The Balaban J connectivity index is 2.57. The van der Waals surface area contributed by atoms with Gasteiger partial charge in [0.15, 0.2) is 0 Å². The number of hydrogen-bond donors (Lipinski definition) is 1. The molecule has 3 rings (SSSR count). The van der Waals surface area contributed by atoms with Crippen molar-refractivity contribution in [3.8, 4) is 0 Å². The van der Waals surface area contributed by atoms with Crippen LogP contribution in [-0.4, -0.2) is 15.3 Å². The lowest BCUT2D eigenvalue weighted by molar-refractivity contribution is 0.0817. The van der Waals surface area contributed by atoms with Gasteiger partial charge < -0.3 is 5.11 Å². The van der Waals surface area contributed by atoms with Crippen molar-refractivity contribution in [3.05, 3.63) is 59.7 Å². The Bertz CT molecular complexity index is 743. The van der Waals surface area contributed by atoms with Gasteiger partial charge in [0, 0.05) is 10.2 Å². The van der Waals surface area contributed by atoms with Gasteiger partial charge in [-0.1, -0.05) is 54.6 Å². The first-order valence-corrected chi connectivity index (χ1v) is 9.10. The van der Waals surface area contributed by atoms with Crippen molar-refractivity contribution in [1.82, 2.24) is 0 Å². The van der Waals surface area contributed by atoms with Gasteiger partial charge in [-0.2, -0.15) is 0 Å². The highest BCUT2D eigenvalue weighted by Gasteiger charge is 2.23. The highest BCUT2D eigenvalue weighted by Crippen LogP contribution is 2.38. The third-order valence-corrected chi connectivity index (χ3v) is 4.65. The van der Waals surface area contributed by atoms with E-state index in [1.54, 1.807) is 0 Å². The molecule has 1 nitrogen and oxygen atoms in total. The van der Waals surface area contributed by atoms with E-state index in [1.807, 2.05) is 13.8 Å². The van der Waals surface area contributed by atoms with Crippen LogP contribution in [-0.2, 0) is 12.0 Å². The van der Waals surface area contributed by atoms with Crippen LogP contribution in [0.25, 0.3) is 21.5 Å². The minimum atomic E-state index is -0.849. The van der Waals surface area contributed by atoms with E-state index in [2.05, 4.69) is 48.5 Å². The molecule has 0 unspecified atom stereocenters. The summed E-state index contributed by atoms with van der Waals surface area (Å²) in [5.74, 6) is 0. The van der Waals surface area contributed by atoms with E-state index in [1.165, 1.54) is 43.4 Å². The fourth-order valence-electron chi connectivity index (χ4n) is 3.40. The molecule has 0 aliphatic carbocycles. The van der Waals surface area contributed by atoms with Crippen LogP contribution in [0.3, 0.4) is 0 Å². The summed E-state index contributed by atoms with van der Waals surface area (Å²) in [4.78, 5) is 0. The van der Waals surface area contributed by atoms with Crippen LogP contribution < -0.4 is 0 Å². The van der Waals surface area contributed by atoms with Crippen molar-refractivity contribution in [2.45, 2.75) is 31.9 Å². The average Bonchev–Trinajstić information content (AvgIpc) is 2.46. The highest BCUT2D eigenvalue weighted by atomic mass is 28.1. The lowest BCUT2D eigenvalue weighted by atomic mass is 9.84. The third-order valence-electron chi connectivity index (χ3n) is 4.15. The third kappa shape index (κ3) is 2.39. The number of hydrogen-bond acceptors (Lipinski definition) is 1. The Morgan fingerprint density at radius 2 is 1.29 bits per heavy atom. The maximum absolute atomic E-state index is 10.7. The molecule has 0 fully saturated rings. The summed E-state index contributed by atoms with van der Waals surface area (Å²) in [6, 6.07) is 18.3. The number of aryl methyl sites for hydroxylation is 1. The number of rotatable bonds is 3. The Morgan fingerprint density at radius 3 is 1.67 bits per heavy atom. The summed E-state index contributed by atoms with van der Waals surface area (Å²) in [5.41, 5.74) is 1.63. The van der Waals surface area contributed by atoms with E-state index < -0.39 is 5.60 Å². The van der Waals surface area contributed by atoms with Gasteiger partial charge in [0.2, 0.25) is 0 Å². The zero-order valence-electron chi connectivity index (χ0n) is 13.0. The molecular formula is C19H22OSi. The molecule has 0 aliphatic rings. The number of aliphatic hydroxyl groups is 1. The summed E-state index contributed by atoms with van der Waals surface area (Å²) in [6.07, 6.45) is 1.12. The second kappa shape index (κ2) is 5.28. The van der Waals surface area contributed by atoms with E-state index >= 15 is 0 Å². The summed E-state index contributed by atoms with van der Waals surface area (Å²) in [6.45, 7) is 3.77. The van der Waals surface area contributed by atoms with Crippen LogP contribution in [0.1, 0.15) is 25.0 Å². The lowest BCUT2D eigenvalue weighted by Gasteiger charge is -2.25. The molecule has 108 valence electrons. The minimum Gasteiger partial charge on any atom is -0.386 e. The van der Waals surface area contributed by atoms with Gasteiger partial charge in [0.1, 0.15) is 0 Å². The van der Waals surface area contributed by atoms with Crippen LogP contribution in [0, 0.1) is 0 Å². The molecule has 0 radical (unpaired) electrons. The summed E-state index contributed by atoms with van der Waals surface area (Å²) >= 11 is 0. The second-order valence-corrected chi connectivity index (χ2v) is 7.25. The van der Waals surface area contributed by atoms with Crippen LogP contribution >= 0.6 is 0 Å². The second-order valence-electron chi connectivity index (χ2n) is 6.25. The predicted molar refractivity (Wildman–Crippen MR) is 95.1 cm³/mol. The van der Waals surface area contributed by atoms with E-state index in [0.29, 0.717) is 0 Å². The quantitative estimate of drug-likeness (QED) is 0.578. The van der Waals surface area contributed by atoms with Crippen LogP contribution in [0.2, 0.25) is 6.04 Å². The van der Waals surface area contributed by atoms with Crippen molar-refractivity contribution >= 4 is 31.8 Å². The first kappa shape index (κ1) is 14.3. The molecule has 1 N–H and O–H groups in total. The average molecular weight is 294 g/mol. The molecule has 2 heteroatoms. The van der Waals surface area contributed by atoms with E-state index in [0.717, 1.165) is 12.0 Å². The molecule has 3 aromatic rings. The van der Waals surface area contributed by atoms with Crippen LogP contribution in [0.4, 0.5) is 0 Å². The molecule has 0 heterocycles. The number of benzene rings is 3. The Hall–Kier alpha value is -1.64. The standard InChI is InChI=1S/C19H22OSi/c1-19(2,20)18-16-9-5-3-7-13(16)15(11-12-21)14-8-4-6-10-17(14)18/h3-10,20H,11-12H2,1-2,21H3. The predicted octanol–water partition coefficient (Wildman–Crippen LogP) is 3.55. The molecule has 0 aliphatic heterocycles. The number of fused-ring (bicyclic) bond motifs is 2. The molecule has 0 saturated carbocycles. The van der Waals surface area contributed by atoms with Crippen LogP contribution in [0.5, 0.6) is 0 Å². The monoisotopic (exact) mass is 294 g/mol. The molecule has 0 aromatic heterocycles. The molecule has 0 amide bonds. The van der Waals surface area contributed by atoms with Gasteiger partial charge in [0.05, 0.1) is 5.60 Å². The van der Waals surface area contributed by atoms with E-state index in [9.17, 15) is 5.11 Å². The van der Waals surface area contributed by atoms with Gasteiger partial charge >= 0.3 is 0 Å². The molecule has 0 spiro atoms. The zero-order valence-corrected chi connectivity index (χ0v) is 15.0. The molecule has 0 bridgehead atoms. The van der Waals surface area contributed by atoms with Crippen molar-refractivity contribution in [2.75, 3.05) is 0 Å². The first-order chi connectivity index (χ1) is 10.0. The first-order valence-electron chi connectivity index (χ1n) is 7.69. The normalized spacial score (nSPS) is 12.3. The van der Waals surface area contributed by atoms with Crippen LogP contribution in [0.15, 0.2) is 48.5 Å². The molecule has 0 atom stereocenters. The summed E-state index contributed by atoms with van der Waals surface area (Å²) < 4.78 is 0. The van der Waals surface area contributed by atoms with E-state index in [4.69, 9.17) is 0 Å². The maximum Gasteiger partial charge on any atom is 0.0852 e. The van der Waals surface area contributed by atoms with Crippen molar-refractivity contribution in [3.63, 3.8) is 0 Å². The van der Waals surface area contributed by atoms with E-state index in [-0.39, 0.29) is 0 Å². The lowest BCUT2D eigenvalue weighted by Crippen LogP contribution is -2.17. The smallest absolute Gasteiger partial charge is 0.0852 e. The highest BCUT2D eigenvalue weighted by molar-refractivity contribution is 6.10. The Morgan fingerprint density at radius 1 is 0.857 bits per heavy atom. The fraction of sp³-hybridized carbons (Fsp3) is 0.263. The molecular weight excluding hydrogens is 272 g/mol. The summed E-state index contributed by atoms with van der Waals surface area (Å²) in [7, 11) is 1.22. The molecule has 21 heavy (non-hydrogen) atoms. The zero-order chi connectivity index (χ0) is 15.0. The van der Waals surface area contributed by atoms with Gasteiger partial charge in [-0.05, 0) is 52.9 Å². The summed E-state index contributed by atoms with van der Waals surface area (Å²) in [5, 5.41) is 15.7. The largest absolute Gasteiger partial charge is 0.386 e. The van der Waals surface area contributed by atoms with Gasteiger partial charge in [-0.25, -0.2) is 0 Å². The van der Waals surface area contributed by atoms with Gasteiger partial charge in [-0.3, -0.25) is 0 Å². The molecule has 3 aromatic carbocycles. The fourth-order valence-corrected chi connectivity index (χ4v) is 3.90. The van der Waals surface area contributed by atoms with Crippen molar-refractivity contribution in [2.24, 2.45) is 0 Å². The van der Waals surface area contributed by atoms with Gasteiger partial charge in [0.25, 0.3) is 0 Å². The minimum absolute atomic E-state index is 0.849. The Labute approximate surface area is 129 Å². The molecule has 0 saturated heterocycles. The Kier molecular flexibility index (Phi) is 3.60.